The van der Waals surface area contributed by atoms with Crippen molar-refractivity contribution in [3.63, 3.8) is 0 Å². The van der Waals surface area contributed by atoms with Gasteiger partial charge in [0.2, 0.25) is 0 Å². The van der Waals surface area contributed by atoms with Crippen LogP contribution in [-0.4, -0.2) is 12.4 Å². The van der Waals surface area contributed by atoms with E-state index in [1.54, 1.807) is 6.21 Å². The molecule has 2 nitrogen and oxygen atoms in total. The summed E-state index contributed by atoms with van der Waals surface area (Å²) in [4.78, 5) is 0. The standard InChI is InChI=1S/C23H28F2N2/c1-3-5-6-7-8-9-20-14-22(24)21(23(25)15-20)17-27-26-16-19-12-10-18(4-2)11-13-19/h10-17H,3-9H2,1-2H3/b26-16+,27-17+. The minimum Gasteiger partial charge on any atom is -0.206 e. The maximum Gasteiger partial charge on any atom is 0.135 e. The molecule has 0 spiro atoms. The molecule has 0 aliphatic rings. The van der Waals surface area contributed by atoms with Crippen molar-refractivity contribution in [2.24, 2.45) is 10.2 Å². The molecular formula is C23H28F2N2. The average Bonchev–Trinajstić information content (AvgIpc) is 2.67. The van der Waals surface area contributed by atoms with E-state index in [0.717, 1.165) is 31.0 Å². The number of benzene rings is 2. The zero-order valence-electron chi connectivity index (χ0n) is 16.2. The van der Waals surface area contributed by atoms with Crippen molar-refractivity contribution in [1.29, 1.82) is 0 Å². The number of unbranched alkanes of at least 4 members (excludes halogenated alkanes) is 4. The summed E-state index contributed by atoms with van der Waals surface area (Å²) in [5.74, 6) is -1.19. The van der Waals surface area contributed by atoms with E-state index in [1.807, 2.05) is 24.3 Å². The van der Waals surface area contributed by atoms with E-state index in [1.165, 1.54) is 37.0 Å². The average molecular weight is 370 g/mol. The predicted octanol–water partition coefficient (Wildman–Crippen LogP) is 6.49. The molecule has 0 saturated heterocycles. The lowest BCUT2D eigenvalue weighted by atomic mass is 10.0. The molecule has 0 N–H and O–H groups in total. The molecule has 2 rings (SSSR count). The molecule has 144 valence electrons. The van der Waals surface area contributed by atoms with Gasteiger partial charge in [-0.25, -0.2) is 8.78 Å². The van der Waals surface area contributed by atoms with E-state index < -0.39 is 11.6 Å². The summed E-state index contributed by atoms with van der Waals surface area (Å²) in [5.41, 5.74) is 2.68. The third-order valence-corrected chi connectivity index (χ3v) is 4.56. The van der Waals surface area contributed by atoms with Gasteiger partial charge in [-0.2, -0.15) is 10.2 Å². The zero-order chi connectivity index (χ0) is 19.5. The first-order valence-corrected chi connectivity index (χ1v) is 9.77. The summed E-state index contributed by atoms with van der Waals surface area (Å²) in [5, 5.41) is 7.68. The second kappa shape index (κ2) is 11.4. The number of halogens is 2. The Kier molecular flexibility index (Phi) is 8.82. The molecular weight excluding hydrogens is 342 g/mol. The molecule has 0 aliphatic heterocycles. The van der Waals surface area contributed by atoms with Crippen molar-refractivity contribution in [2.75, 3.05) is 0 Å². The minimum absolute atomic E-state index is 0.150. The highest BCUT2D eigenvalue weighted by Gasteiger charge is 2.09. The third-order valence-electron chi connectivity index (χ3n) is 4.56. The molecule has 0 bridgehead atoms. The Hall–Kier alpha value is -2.36. The van der Waals surface area contributed by atoms with Crippen LogP contribution < -0.4 is 0 Å². The van der Waals surface area contributed by atoms with Gasteiger partial charge in [-0.1, -0.05) is 63.8 Å². The van der Waals surface area contributed by atoms with Gasteiger partial charge in [-0.15, -0.1) is 0 Å². The van der Waals surface area contributed by atoms with Gasteiger partial charge in [0.05, 0.1) is 18.0 Å². The van der Waals surface area contributed by atoms with Gasteiger partial charge in [0.25, 0.3) is 0 Å². The molecule has 4 heteroatoms. The van der Waals surface area contributed by atoms with E-state index in [0.29, 0.717) is 12.0 Å². The predicted molar refractivity (Wildman–Crippen MR) is 110 cm³/mol. The van der Waals surface area contributed by atoms with E-state index in [9.17, 15) is 8.78 Å². The van der Waals surface area contributed by atoms with Crippen LogP contribution in [0, 0.1) is 11.6 Å². The molecule has 0 saturated carbocycles. The summed E-state index contributed by atoms with van der Waals surface area (Å²) < 4.78 is 28.4. The Morgan fingerprint density at radius 3 is 2.04 bits per heavy atom. The smallest absolute Gasteiger partial charge is 0.135 e. The topological polar surface area (TPSA) is 24.7 Å². The second-order valence-corrected chi connectivity index (χ2v) is 6.72. The first kappa shape index (κ1) is 20.9. The lowest BCUT2D eigenvalue weighted by Crippen LogP contribution is -1.98. The van der Waals surface area contributed by atoms with E-state index in [4.69, 9.17) is 0 Å². The van der Waals surface area contributed by atoms with Crippen molar-refractivity contribution in [3.8, 4) is 0 Å². The van der Waals surface area contributed by atoms with Gasteiger partial charge >= 0.3 is 0 Å². The van der Waals surface area contributed by atoms with Crippen molar-refractivity contribution < 1.29 is 8.78 Å². The fraction of sp³-hybridized carbons (Fsp3) is 0.391. The highest BCUT2D eigenvalue weighted by Crippen LogP contribution is 2.16. The normalized spacial score (nSPS) is 11.7. The molecule has 0 unspecified atom stereocenters. The monoisotopic (exact) mass is 370 g/mol. The van der Waals surface area contributed by atoms with E-state index >= 15 is 0 Å². The van der Waals surface area contributed by atoms with Gasteiger partial charge < -0.3 is 0 Å². The maximum atomic E-state index is 14.2. The van der Waals surface area contributed by atoms with Gasteiger partial charge in [-0.3, -0.25) is 0 Å². The number of hydrogen-bond acceptors (Lipinski definition) is 2. The second-order valence-electron chi connectivity index (χ2n) is 6.72. The van der Waals surface area contributed by atoms with Gasteiger partial charge in [-0.05, 0) is 48.1 Å². The van der Waals surface area contributed by atoms with Gasteiger partial charge in [0.15, 0.2) is 0 Å². The van der Waals surface area contributed by atoms with Crippen LogP contribution in [0.15, 0.2) is 46.6 Å². The Morgan fingerprint density at radius 1 is 0.778 bits per heavy atom. The minimum atomic E-state index is -0.593. The summed E-state index contributed by atoms with van der Waals surface area (Å²) in [6.45, 7) is 4.26. The van der Waals surface area contributed by atoms with Crippen molar-refractivity contribution in [1.82, 2.24) is 0 Å². The fourth-order valence-electron chi connectivity index (χ4n) is 2.87. The molecule has 27 heavy (non-hydrogen) atoms. The van der Waals surface area contributed by atoms with Crippen molar-refractivity contribution >= 4 is 12.4 Å². The van der Waals surface area contributed by atoms with E-state index in [-0.39, 0.29) is 5.56 Å². The van der Waals surface area contributed by atoms with Crippen LogP contribution >= 0.6 is 0 Å². The summed E-state index contributed by atoms with van der Waals surface area (Å²) in [6.07, 6.45) is 9.98. The van der Waals surface area contributed by atoms with Gasteiger partial charge in [0, 0.05) is 0 Å². The van der Waals surface area contributed by atoms with Crippen molar-refractivity contribution in [2.45, 2.75) is 58.8 Å². The Bertz CT molecular complexity index is 741. The first-order valence-electron chi connectivity index (χ1n) is 9.77. The lowest BCUT2D eigenvalue weighted by molar-refractivity contribution is 0.572. The molecule has 0 aliphatic carbocycles. The van der Waals surface area contributed by atoms with Crippen LogP contribution in [0.5, 0.6) is 0 Å². The van der Waals surface area contributed by atoms with Crippen LogP contribution in [0.4, 0.5) is 8.78 Å². The highest BCUT2D eigenvalue weighted by molar-refractivity contribution is 5.83. The summed E-state index contributed by atoms with van der Waals surface area (Å²) >= 11 is 0. The first-order chi connectivity index (χ1) is 13.1. The Labute approximate surface area is 161 Å². The number of hydrogen-bond donors (Lipinski definition) is 0. The van der Waals surface area contributed by atoms with Gasteiger partial charge in [0.1, 0.15) is 11.6 Å². The highest BCUT2D eigenvalue weighted by atomic mass is 19.1. The largest absolute Gasteiger partial charge is 0.206 e. The summed E-state index contributed by atoms with van der Waals surface area (Å²) in [7, 11) is 0. The molecule has 0 heterocycles. The van der Waals surface area contributed by atoms with E-state index in [2.05, 4.69) is 24.1 Å². The SMILES string of the molecule is CCCCCCCc1cc(F)c(/C=N/N=C/c2ccc(CC)cc2)c(F)c1. The molecule has 2 aromatic carbocycles. The molecule has 2 aromatic rings. The molecule has 0 atom stereocenters. The van der Waals surface area contributed by atoms with Crippen LogP contribution in [0.1, 0.15) is 68.2 Å². The summed E-state index contributed by atoms with van der Waals surface area (Å²) in [6, 6.07) is 10.7. The molecule has 0 fully saturated rings. The Balaban J connectivity index is 1.94. The zero-order valence-corrected chi connectivity index (χ0v) is 16.2. The number of aryl methyl sites for hydroxylation is 2. The van der Waals surface area contributed by atoms with Crippen LogP contribution in [0.3, 0.4) is 0 Å². The van der Waals surface area contributed by atoms with Crippen LogP contribution in [0.25, 0.3) is 0 Å². The maximum absolute atomic E-state index is 14.2. The quantitative estimate of drug-likeness (QED) is 0.259. The lowest BCUT2D eigenvalue weighted by Gasteiger charge is -2.05. The molecule has 0 radical (unpaired) electrons. The van der Waals surface area contributed by atoms with Crippen LogP contribution in [0.2, 0.25) is 0 Å². The molecule has 0 amide bonds. The molecule has 0 aromatic heterocycles. The Morgan fingerprint density at radius 2 is 1.41 bits per heavy atom. The van der Waals surface area contributed by atoms with Crippen molar-refractivity contribution in [3.05, 3.63) is 70.3 Å². The number of rotatable bonds is 10. The fourth-order valence-corrected chi connectivity index (χ4v) is 2.87. The third kappa shape index (κ3) is 7.05. The van der Waals surface area contributed by atoms with Crippen LogP contribution in [-0.2, 0) is 12.8 Å². The number of nitrogens with zero attached hydrogens (tertiary/aromatic N) is 2.